The molecule has 1 unspecified atom stereocenters. The number of carboxylic acid groups (broad SMARTS) is 4. The first-order valence-electron chi connectivity index (χ1n) is 37.4. The smallest absolute Gasteiger partial charge is 0.317 e. The zero-order valence-corrected chi connectivity index (χ0v) is 63.6. The van der Waals surface area contributed by atoms with Crippen LogP contribution in [-0.4, -0.2) is 270 Å². The van der Waals surface area contributed by atoms with E-state index in [1.165, 1.54) is 0 Å². The Morgan fingerprint density at radius 3 is 1.46 bits per heavy atom. The number of carboxylic acids is 4. The predicted molar refractivity (Wildman–Crippen MR) is 416 cm³/mol. The zero-order valence-electron chi connectivity index (χ0n) is 62.8. The second kappa shape index (κ2) is 51.8. The van der Waals surface area contributed by atoms with Gasteiger partial charge in [0.15, 0.2) is 11.1 Å². The van der Waals surface area contributed by atoms with Gasteiger partial charge < -0.3 is 96.5 Å². The molecule has 604 valence electrons. The SMILES string of the molecule is CC(C)C[C@H](NC(=O)[C@@H](N)CCCCN)C(=O)NCC(=O)N[C@@H](Cc1ccccc1)C(=O)N[C@@H](Cc1ccccc1)C(=O)N[C@@H](CCCCN)C(=O)N[C@@H](CCCNC(=N)N)C(=O)NCCCCCCNC(=S)Nc1ccc(CC2CN(CC(=O)O)CCN(CC(=O)O)CCN(CC(=O)O)CCN2CC(=O)O)cc1. The van der Waals surface area contributed by atoms with Crippen LogP contribution in [0.1, 0.15) is 114 Å². The maximum atomic E-state index is 14.7. The highest BCUT2D eigenvalue weighted by Crippen LogP contribution is 2.18. The number of nitrogens with one attached hydrogen (secondary N) is 11. The van der Waals surface area contributed by atoms with Crippen molar-refractivity contribution in [3.63, 3.8) is 0 Å². The molecule has 1 fully saturated rings. The topological polar surface area (TPSA) is 530 Å². The third-order valence-corrected chi connectivity index (χ3v) is 18.3. The molecule has 3 aromatic rings. The van der Waals surface area contributed by atoms with Crippen molar-refractivity contribution in [3.05, 3.63) is 102 Å². The van der Waals surface area contributed by atoms with Crippen LogP contribution in [0.3, 0.4) is 0 Å². The number of benzene rings is 3. The summed E-state index contributed by atoms with van der Waals surface area (Å²) in [5.41, 5.74) is 25.9. The van der Waals surface area contributed by atoms with Crippen LogP contribution >= 0.6 is 12.2 Å². The lowest BCUT2D eigenvalue weighted by Crippen LogP contribution is -2.59. The lowest BCUT2D eigenvalue weighted by molar-refractivity contribution is -0.142. The van der Waals surface area contributed by atoms with Gasteiger partial charge in [0.2, 0.25) is 41.4 Å². The summed E-state index contributed by atoms with van der Waals surface area (Å²) in [5, 5.41) is 75.6. The number of nitrogens with zero attached hydrogens (tertiary/aromatic N) is 4. The van der Waals surface area contributed by atoms with E-state index in [4.69, 9.17) is 40.6 Å². The fraction of sp³-hybridized carbons (Fsp3) is 0.581. The van der Waals surface area contributed by atoms with Gasteiger partial charge in [-0.25, -0.2) is 0 Å². The van der Waals surface area contributed by atoms with Crippen molar-refractivity contribution in [2.24, 2.45) is 28.9 Å². The van der Waals surface area contributed by atoms with Crippen LogP contribution in [0, 0.1) is 11.3 Å². The van der Waals surface area contributed by atoms with Crippen molar-refractivity contribution in [2.45, 2.75) is 159 Å². The standard InChI is InChI=1S/C74H117N19O15S/c1-50(2)40-59(88-67(103)56(77)22-11-13-29-75)69(105)83-44-62(94)85-60(42-51-18-7-5-8-19-51)71(107)89-61(43-52-20-9-6-10-21-52)72(108)87-58(23-12-14-30-76)70(106)86-57(24-17-33-81-73(78)79)68(104)80-31-15-3-4-16-32-82-74(109)84-54-27-25-53(26-28-54)41-55-45-92(48-65(99)100)37-36-90(46-63(95)96)34-35-91(47-64(97)98)38-39-93(55)49-66(101)102/h5-10,18-21,25-28,50,55-61H,3-4,11-17,22-24,29-49,75-77H2,1-2H3,(H,80,104)(H,83,105)(H,85,94)(H,86,106)(H,87,108)(H,88,103)(H,89,107)(H,95,96)(H,97,98)(H,99,100)(H,101,102)(H4,78,79,81)(H2,82,84,109)/t55?,56-,57-,58-,59-,60-,61-/m0/s1. The molecule has 7 amide bonds. The van der Waals surface area contributed by atoms with Gasteiger partial charge >= 0.3 is 23.9 Å². The van der Waals surface area contributed by atoms with Gasteiger partial charge in [0.25, 0.3) is 0 Å². The van der Waals surface area contributed by atoms with Crippen molar-refractivity contribution in [1.29, 1.82) is 5.41 Å². The minimum atomic E-state index is -1.32. The van der Waals surface area contributed by atoms with Gasteiger partial charge in [-0.15, -0.1) is 0 Å². The Morgan fingerprint density at radius 1 is 0.477 bits per heavy atom. The van der Waals surface area contributed by atoms with Gasteiger partial charge in [-0.1, -0.05) is 106 Å². The summed E-state index contributed by atoms with van der Waals surface area (Å²) >= 11 is 5.60. The molecule has 4 rings (SSSR count). The summed E-state index contributed by atoms with van der Waals surface area (Å²) < 4.78 is 0. The summed E-state index contributed by atoms with van der Waals surface area (Å²) in [7, 11) is 0. The summed E-state index contributed by atoms with van der Waals surface area (Å²) in [6.45, 7) is 4.60. The van der Waals surface area contributed by atoms with E-state index in [-0.39, 0.29) is 129 Å². The molecule has 0 aliphatic carbocycles. The van der Waals surface area contributed by atoms with Crippen LogP contribution in [0.25, 0.3) is 0 Å². The Labute approximate surface area is 643 Å². The van der Waals surface area contributed by atoms with Crippen LogP contribution in [0.15, 0.2) is 84.9 Å². The minimum absolute atomic E-state index is 0.0272. The molecule has 23 N–H and O–H groups in total. The van der Waals surface area contributed by atoms with Gasteiger partial charge in [0, 0.05) is 90.0 Å². The molecule has 7 atom stereocenters. The highest BCUT2D eigenvalue weighted by molar-refractivity contribution is 7.80. The lowest BCUT2D eigenvalue weighted by atomic mass is 10.0. The molecular weight excluding hydrogens is 1430 g/mol. The quantitative estimate of drug-likeness (QED) is 0.0140. The number of anilines is 1. The fourth-order valence-electron chi connectivity index (χ4n) is 12.3. The summed E-state index contributed by atoms with van der Waals surface area (Å²) in [5.74, 6) is -9.25. The number of carbonyl (C=O) groups excluding carboxylic acids is 7. The van der Waals surface area contributed by atoms with Crippen LogP contribution < -0.4 is 76.1 Å². The first kappa shape index (κ1) is 91.9. The monoisotopic (exact) mass is 1540 g/mol. The number of aliphatic carboxylic acids is 4. The second-order valence-electron chi connectivity index (χ2n) is 27.7. The number of hydrogen-bond acceptors (Lipinski definition) is 20. The zero-order chi connectivity index (χ0) is 80.0. The lowest BCUT2D eigenvalue weighted by Gasteiger charge is -2.37. The molecule has 1 heterocycles. The maximum Gasteiger partial charge on any atom is 0.317 e. The van der Waals surface area contributed by atoms with Crippen LogP contribution in [-0.2, 0) is 72.0 Å². The number of carbonyl (C=O) groups is 11. The third kappa shape index (κ3) is 39.4. The maximum absolute atomic E-state index is 14.7. The van der Waals surface area contributed by atoms with Crippen molar-refractivity contribution >= 4 is 94.2 Å². The number of rotatable bonds is 49. The van der Waals surface area contributed by atoms with Crippen molar-refractivity contribution in [2.75, 3.05) is 117 Å². The fourth-order valence-corrected chi connectivity index (χ4v) is 12.5. The Hall–Kier alpha value is -9.49. The molecule has 1 aliphatic rings. The van der Waals surface area contributed by atoms with E-state index in [2.05, 4.69) is 53.2 Å². The molecule has 0 bridgehead atoms. The molecule has 0 saturated carbocycles. The van der Waals surface area contributed by atoms with Gasteiger partial charge in [0.05, 0.1) is 38.8 Å². The first-order chi connectivity index (χ1) is 52.1. The average Bonchev–Trinajstić information content (AvgIpc) is 0.854. The first-order valence-corrected chi connectivity index (χ1v) is 37.8. The Morgan fingerprint density at radius 2 is 0.927 bits per heavy atom. The van der Waals surface area contributed by atoms with E-state index in [1.807, 2.05) is 26.0 Å². The second-order valence-corrected chi connectivity index (χ2v) is 28.1. The molecular formula is C74H117N19O15S. The minimum Gasteiger partial charge on any atom is -0.480 e. The van der Waals surface area contributed by atoms with Gasteiger partial charge in [-0.2, -0.15) is 0 Å². The summed E-state index contributed by atoms with van der Waals surface area (Å²) in [6.07, 6.45) is 6.33. The molecule has 0 spiro atoms. The van der Waals surface area contributed by atoms with E-state index >= 15 is 0 Å². The van der Waals surface area contributed by atoms with E-state index < -0.39 is 121 Å². The van der Waals surface area contributed by atoms with E-state index in [0.717, 1.165) is 12.0 Å². The molecule has 0 radical (unpaired) electrons. The van der Waals surface area contributed by atoms with E-state index in [1.54, 1.807) is 92.4 Å². The normalized spacial score (nSPS) is 15.6. The molecule has 1 aliphatic heterocycles. The Kier molecular flexibility index (Phi) is 43.6. The van der Waals surface area contributed by atoms with Crippen molar-refractivity contribution in [1.82, 2.24) is 67.5 Å². The molecule has 0 aromatic heterocycles. The molecule has 3 aromatic carbocycles. The van der Waals surface area contributed by atoms with Crippen LogP contribution in [0.2, 0.25) is 0 Å². The molecule has 35 heteroatoms. The summed E-state index contributed by atoms with van der Waals surface area (Å²) in [4.78, 5) is 153. The van der Waals surface area contributed by atoms with Crippen LogP contribution in [0.4, 0.5) is 5.69 Å². The Balaban J connectivity index is 1.39. The number of unbranched alkanes of at least 4 members (excludes halogenated alkanes) is 5. The predicted octanol–water partition coefficient (Wildman–Crippen LogP) is -0.959. The van der Waals surface area contributed by atoms with Gasteiger partial charge in [-0.3, -0.25) is 77.7 Å². The number of nitrogens with two attached hydrogens (primary N) is 4. The van der Waals surface area contributed by atoms with Crippen LogP contribution in [0.5, 0.6) is 0 Å². The highest BCUT2D eigenvalue weighted by atomic mass is 32.1. The van der Waals surface area contributed by atoms with E-state index in [9.17, 15) is 73.2 Å². The highest BCUT2D eigenvalue weighted by Gasteiger charge is 2.34. The van der Waals surface area contributed by atoms with E-state index in [0.29, 0.717) is 99.2 Å². The molecule has 34 nitrogen and oxygen atoms in total. The van der Waals surface area contributed by atoms with Crippen molar-refractivity contribution < 1.29 is 73.2 Å². The average molecular weight is 1540 g/mol. The molecule has 109 heavy (non-hydrogen) atoms. The number of amides is 7. The Bertz CT molecular complexity index is 3350. The largest absolute Gasteiger partial charge is 0.480 e. The van der Waals surface area contributed by atoms with Gasteiger partial charge in [0.1, 0.15) is 30.2 Å². The number of thiocarbonyl (C=S) groups is 1. The third-order valence-electron chi connectivity index (χ3n) is 18.1. The number of hydrogen-bond donors (Lipinski definition) is 19. The molecule has 1 saturated heterocycles. The number of guanidine groups is 1. The van der Waals surface area contributed by atoms with Crippen molar-refractivity contribution in [3.8, 4) is 0 Å². The summed E-state index contributed by atoms with van der Waals surface area (Å²) in [6, 6.07) is 17.6. The van der Waals surface area contributed by atoms with Gasteiger partial charge in [-0.05, 0) is 131 Å².